The highest BCUT2D eigenvalue weighted by Crippen LogP contribution is 2.14. The molecule has 0 aliphatic rings. The summed E-state index contributed by atoms with van der Waals surface area (Å²) in [5.41, 5.74) is 0.405. The normalized spacial score (nSPS) is 10.2. The molecule has 1 heterocycles. The van der Waals surface area contributed by atoms with Crippen LogP contribution >= 0.6 is 22.9 Å². The Labute approximate surface area is 160 Å². The van der Waals surface area contributed by atoms with Gasteiger partial charge in [-0.25, -0.2) is 0 Å². The summed E-state index contributed by atoms with van der Waals surface area (Å²) < 4.78 is 0. The van der Waals surface area contributed by atoms with Crippen molar-refractivity contribution in [3.8, 4) is 0 Å². The van der Waals surface area contributed by atoms with Crippen molar-refractivity contribution in [2.75, 3.05) is 19.6 Å². The molecular formula is C18H20ClN3O3S. The highest BCUT2D eigenvalue weighted by Gasteiger charge is 2.09. The number of hydrogen-bond acceptors (Lipinski definition) is 4. The van der Waals surface area contributed by atoms with Crippen LogP contribution < -0.4 is 16.0 Å². The Balaban J connectivity index is 1.54. The van der Waals surface area contributed by atoms with E-state index in [-0.39, 0.29) is 17.7 Å². The van der Waals surface area contributed by atoms with E-state index in [1.54, 1.807) is 30.3 Å². The quantitative estimate of drug-likeness (QED) is 0.572. The smallest absolute Gasteiger partial charge is 0.261 e. The Hall–Kier alpha value is -2.38. The largest absolute Gasteiger partial charge is 0.354 e. The molecule has 0 saturated carbocycles. The van der Waals surface area contributed by atoms with E-state index < -0.39 is 0 Å². The van der Waals surface area contributed by atoms with Gasteiger partial charge in [0.05, 0.1) is 15.5 Å². The minimum absolute atomic E-state index is 0.123. The Morgan fingerprint density at radius 3 is 2.35 bits per heavy atom. The van der Waals surface area contributed by atoms with Crippen LogP contribution in [0, 0.1) is 0 Å². The lowest BCUT2D eigenvalue weighted by Gasteiger charge is -2.08. The number of halogens is 1. The molecule has 0 aliphatic carbocycles. The molecule has 2 rings (SSSR count). The van der Waals surface area contributed by atoms with Crippen LogP contribution in [0.25, 0.3) is 0 Å². The first-order valence-corrected chi connectivity index (χ1v) is 9.45. The summed E-state index contributed by atoms with van der Waals surface area (Å²) in [4.78, 5) is 36.0. The van der Waals surface area contributed by atoms with Crippen LogP contribution in [-0.2, 0) is 4.79 Å². The van der Waals surface area contributed by atoms with Gasteiger partial charge in [0.2, 0.25) is 5.91 Å². The number of thiophene rings is 1. The van der Waals surface area contributed by atoms with Crippen LogP contribution in [0.15, 0.2) is 41.8 Å². The number of hydrogen-bond donors (Lipinski definition) is 3. The summed E-state index contributed by atoms with van der Waals surface area (Å²) >= 11 is 7.32. The summed E-state index contributed by atoms with van der Waals surface area (Å²) in [6.07, 6.45) is 0.859. The molecule has 8 heteroatoms. The van der Waals surface area contributed by atoms with Gasteiger partial charge in [-0.3, -0.25) is 14.4 Å². The van der Waals surface area contributed by atoms with E-state index in [9.17, 15) is 14.4 Å². The zero-order valence-electron chi connectivity index (χ0n) is 14.1. The molecule has 2 aromatic rings. The average molecular weight is 394 g/mol. The molecule has 0 spiro atoms. The standard InChI is InChI=1S/C18H20ClN3O3S/c19-14-6-2-1-5-13(14)17(24)22-11-10-20-16(23)8-3-9-21-18(25)15-7-4-12-26-15/h1-2,4-7,12H,3,8-11H2,(H,20,23)(H,21,25)(H,22,24). The van der Waals surface area contributed by atoms with Gasteiger partial charge in [0, 0.05) is 26.1 Å². The predicted octanol–water partition coefficient (Wildman–Crippen LogP) is 2.46. The van der Waals surface area contributed by atoms with E-state index in [4.69, 9.17) is 11.6 Å². The maximum atomic E-state index is 11.9. The van der Waals surface area contributed by atoms with E-state index in [1.807, 2.05) is 11.4 Å². The van der Waals surface area contributed by atoms with Crippen LogP contribution in [-0.4, -0.2) is 37.4 Å². The molecular weight excluding hydrogens is 374 g/mol. The lowest BCUT2D eigenvalue weighted by molar-refractivity contribution is -0.121. The number of carbonyl (C=O) groups excluding carboxylic acids is 3. The third-order valence-corrected chi connectivity index (χ3v) is 4.66. The molecule has 0 saturated heterocycles. The Kier molecular flexibility index (Phi) is 8.11. The molecule has 0 aliphatic heterocycles. The maximum Gasteiger partial charge on any atom is 0.261 e. The number of amides is 3. The zero-order valence-corrected chi connectivity index (χ0v) is 15.7. The van der Waals surface area contributed by atoms with Crippen molar-refractivity contribution in [2.24, 2.45) is 0 Å². The molecule has 0 fully saturated rings. The number of nitrogens with one attached hydrogen (secondary N) is 3. The molecule has 0 atom stereocenters. The van der Waals surface area contributed by atoms with E-state index >= 15 is 0 Å². The van der Waals surface area contributed by atoms with Crippen LogP contribution in [0.4, 0.5) is 0 Å². The molecule has 1 aromatic carbocycles. The summed E-state index contributed by atoms with van der Waals surface area (Å²) in [6, 6.07) is 10.3. The van der Waals surface area contributed by atoms with Crippen molar-refractivity contribution >= 4 is 40.7 Å². The Morgan fingerprint density at radius 1 is 0.885 bits per heavy atom. The van der Waals surface area contributed by atoms with Gasteiger partial charge in [-0.05, 0) is 30.0 Å². The third-order valence-electron chi connectivity index (χ3n) is 3.46. The number of carbonyl (C=O) groups is 3. The second-order valence-electron chi connectivity index (χ2n) is 5.42. The zero-order chi connectivity index (χ0) is 18.8. The van der Waals surface area contributed by atoms with Gasteiger partial charge in [0.25, 0.3) is 11.8 Å². The first kappa shape index (κ1) is 19.9. The van der Waals surface area contributed by atoms with Gasteiger partial charge in [0.15, 0.2) is 0 Å². The van der Waals surface area contributed by atoms with Crippen molar-refractivity contribution in [1.29, 1.82) is 0 Å². The molecule has 0 radical (unpaired) electrons. The van der Waals surface area contributed by atoms with Crippen molar-refractivity contribution < 1.29 is 14.4 Å². The third kappa shape index (κ3) is 6.50. The molecule has 0 bridgehead atoms. The number of rotatable bonds is 9. The van der Waals surface area contributed by atoms with Gasteiger partial charge >= 0.3 is 0 Å². The fourth-order valence-corrected chi connectivity index (χ4v) is 3.01. The molecule has 0 unspecified atom stereocenters. The second kappa shape index (κ2) is 10.6. The van der Waals surface area contributed by atoms with Gasteiger partial charge < -0.3 is 16.0 Å². The highest BCUT2D eigenvalue weighted by molar-refractivity contribution is 7.12. The maximum absolute atomic E-state index is 11.9. The van der Waals surface area contributed by atoms with Crippen molar-refractivity contribution in [3.63, 3.8) is 0 Å². The Morgan fingerprint density at radius 2 is 1.62 bits per heavy atom. The monoisotopic (exact) mass is 393 g/mol. The van der Waals surface area contributed by atoms with E-state index in [2.05, 4.69) is 16.0 Å². The molecule has 1 aromatic heterocycles. The summed E-state index contributed by atoms with van der Waals surface area (Å²) in [6.45, 7) is 1.08. The summed E-state index contributed by atoms with van der Waals surface area (Å²) in [7, 11) is 0. The SMILES string of the molecule is O=C(CCCNC(=O)c1cccs1)NCCNC(=O)c1ccccc1Cl. The first-order chi connectivity index (χ1) is 12.6. The minimum Gasteiger partial charge on any atom is -0.354 e. The van der Waals surface area contributed by atoms with E-state index in [0.717, 1.165) is 0 Å². The first-order valence-electron chi connectivity index (χ1n) is 8.19. The van der Waals surface area contributed by atoms with Crippen LogP contribution in [0.5, 0.6) is 0 Å². The molecule has 3 N–H and O–H groups in total. The lowest BCUT2D eigenvalue weighted by Crippen LogP contribution is -2.35. The van der Waals surface area contributed by atoms with Crippen LogP contribution in [0.2, 0.25) is 5.02 Å². The lowest BCUT2D eigenvalue weighted by atomic mass is 10.2. The molecule has 138 valence electrons. The summed E-state index contributed by atoms with van der Waals surface area (Å²) in [5, 5.41) is 10.4. The predicted molar refractivity (Wildman–Crippen MR) is 103 cm³/mol. The van der Waals surface area contributed by atoms with Gasteiger partial charge in [-0.1, -0.05) is 29.8 Å². The van der Waals surface area contributed by atoms with E-state index in [1.165, 1.54) is 11.3 Å². The van der Waals surface area contributed by atoms with Crippen molar-refractivity contribution in [1.82, 2.24) is 16.0 Å². The second-order valence-corrected chi connectivity index (χ2v) is 6.78. The average Bonchev–Trinajstić information content (AvgIpc) is 3.17. The molecule has 3 amide bonds. The topological polar surface area (TPSA) is 87.3 Å². The fourth-order valence-electron chi connectivity index (χ4n) is 2.15. The van der Waals surface area contributed by atoms with Gasteiger partial charge in [0.1, 0.15) is 0 Å². The number of benzene rings is 1. The fraction of sp³-hybridized carbons (Fsp3) is 0.278. The van der Waals surface area contributed by atoms with E-state index in [0.29, 0.717) is 47.9 Å². The minimum atomic E-state index is -0.277. The summed E-state index contributed by atoms with van der Waals surface area (Å²) in [5.74, 6) is -0.522. The van der Waals surface area contributed by atoms with Crippen molar-refractivity contribution in [3.05, 3.63) is 57.2 Å². The van der Waals surface area contributed by atoms with Gasteiger partial charge in [-0.2, -0.15) is 0 Å². The van der Waals surface area contributed by atoms with Gasteiger partial charge in [-0.15, -0.1) is 11.3 Å². The van der Waals surface area contributed by atoms with Crippen LogP contribution in [0.3, 0.4) is 0 Å². The van der Waals surface area contributed by atoms with Crippen LogP contribution in [0.1, 0.15) is 32.9 Å². The highest BCUT2D eigenvalue weighted by atomic mass is 35.5. The van der Waals surface area contributed by atoms with Crippen molar-refractivity contribution in [2.45, 2.75) is 12.8 Å². The Bertz CT molecular complexity index is 750. The molecule has 6 nitrogen and oxygen atoms in total. The molecule has 26 heavy (non-hydrogen) atoms.